The summed E-state index contributed by atoms with van der Waals surface area (Å²) in [7, 11) is -10.4. The molecule has 0 radical (unpaired) electrons. The van der Waals surface area contributed by atoms with Crippen molar-refractivity contribution in [3.8, 4) is 0 Å². The monoisotopic (exact) mass is 515 g/mol. The Morgan fingerprint density at radius 1 is 0.594 bits per heavy atom. The minimum absolute atomic E-state index is 0.516. The van der Waals surface area contributed by atoms with Crippen LogP contribution in [0.4, 0.5) is 3.89 Å². The van der Waals surface area contributed by atoms with Crippen molar-refractivity contribution in [3.05, 3.63) is 0 Å². The van der Waals surface area contributed by atoms with Gasteiger partial charge in [-0.25, -0.2) is 18.7 Å². The van der Waals surface area contributed by atoms with Crippen LogP contribution < -0.4 is 0 Å². The van der Waals surface area contributed by atoms with Crippen molar-refractivity contribution < 1.29 is 27.0 Å². The topological polar surface area (TPSA) is 104 Å². The first-order valence-corrected chi connectivity index (χ1v) is 15.7. The number of ether oxygens (including phenoxy) is 4. The van der Waals surface area contributed by atoms with Gasteiger partial charge in [-0.15, -0.1) is 12.2 Å². The molecule has 0 aromatic rings. The molecule has 0 aliphatic carbocycles. The third-order valence-corrected chi connectivity index (χ3v) is 16.0. The van der Waals surface area contributed by atoms with E-state index in [9.17, 15) is 4.21 Å². The standard InChI is InChI=1S/C16H32FN7O5P2S/c17-32(25)19-30(21-1-9-26-10-2-21,22-3-11-27-12-4-22)18-31(20-32,23-5-13-28-14-6-23)24-7-15-29-16-8-24/h1-16H2. The molecule has 0 bridgehead atoms. The van der Waals surface area contributed by atoms with Gasteiger partial charge < -0.3 is 18.9 Å². The normalized spacial score (nSPS) is 35.4. The zero-order valence-corrected chi connectivity index (χ0v) is 20.8. The summed E-state index contributed by atoms with van der Waals surface area (Å²) in [6, 6.07) is 0. The van der Waals surface area contributed by atoms with Crippen LogP contribution in [0.15, 0.2) is 12.8 Å². The lowest BCUT2D eigenvalue weighted by molar-refractivity contribution is 0.0547. The summed E-state index contributed by atoms with van der Waals surface area (Å²) in [4.78, 5) is 0. The minimum Gasteiger partial charge on any atom is -0.379 e. The highest BCUT2D eigenvalue weighted by Crippen LogP contribution is 2.74. The summed E-state index contributed by atoms with van der Waals surface area (Å²) in [6.45, 7) is 8.68. The van der Waals surface area contributed by atoms with Gasteiger partial charge in [0, 0.05) is 52.4 Å². The number of morpholine rings is 4. The van der Waals surface area contributed by atoms with Crippen LogP contribution in [0.1, 0.15) is 0 Å². The van der Waals surface area contributed by atoms with Crippen LogP contribution in [0.25, 0.3) is 0 Å². The average Bonchev–Trinajstić information content (AvgIpc) is 2.85. The molecule has 0 aromatic heterocycles. The van der Waals surface area contributed by atoms with Gasteiger partial charge in [-0.05, 0) is 0 Å². The fourth-order valence-corrected chi connectivity index (χ4v) is 16.3. The van der Waals surface area contributed by atoms with Crippen LogP contribution in [-0.4, -0.2) is 128 Å². The fourth-order valence-electron chi connectivity index (χ4n) is 4.56. The maximum absolute atomic E-state index is 15.8. The van der Waals surface area contributed by atoms with E-state index >= 15 is 3.89 Å². The SMILES string of the molecule is O=S1(F)=NP(N2CCOCC2)(N2CCOCC2)=NP(N2CCOCC2)(N2CCOCC2)=N1. The van der Waals surface area contributed by atoms with Crippen molar-refractivity contribution in [1.82, 2.24) is 18.7 Å². The molecule has 1 atom stereocenters. The van der Waals surface area contributed by atoms with Crippen molar-refractivity contribution in [2.75, 3.05) is 105 Å². The molecule has 0 N–H and O–H groups in total. The number of hydrogen-bond acceptors (Lipinski definition) is 11. The molecule has 0 saturated carbocycles. The summed E-state index contributed by atoms with van der Waals surface area (Å²) >= 11 is 0. The van der Waals surface area contributed by atoms with Crippen LogP contribution in [0.5, 0.6) is 0 Å². The van der Waals surface area contributed by atoms with Crippen molar-refractivity contribution in [1.29, 1.82) is 0 Å². The molecule has 4 saturated heterocycles. The molecule has 0 aromatic carbocycles. The third-order valence-electron chi connectivity index (χ3n) is 6.13. The van der Waals surface area contributed by atoms with Gasteiger partial charge in [0.15, 0.2) is 0 Å². The summed E-state index contributed by atoms with van der Waals surface area (Å²) in [6.07, 6.45) is 0. The summed E-state index contributed by atoms with van der Waals surface area (Å²) in [5.41, 5.74) is 0. The lowest BCUT2D eigenvalue weighted by Crippen LogP contribution is -2.45. The molecule has 32 heavy (non-hydrogen) atoms. The Labute approximate surface area is 189 Å². The van der Waals surface area contributed by atoms with E-state index in [1.807, 2.05) is 0 Å². The van der Waals surface area contributed by atoms with E-state index in [4.69, 9.17) is 23.5 Å². The highest BCUT2D eigenvalue weighted by atomic mass is 32.3. The largest absolute Gasteiger partial charge is 0.379 e. The highest BCUT2D eigenvalue weighted by Gasteiger charge is 2.48. The number of rotatable bonds is 4. The number of halogens is 1. The van der Waals surface area contributed by atoms with Gasteiger partial charge in [-0.1, -0.05) is 0 Å². The number of nitrogens with zero attached hydrogens (tertiary/aromatic N) is 7. The second-order valence-corrected chi connectivity index (χ2v) is 15.3. The predicted molar refractivity (Wildman–Crippen MR) is 120 cm³/mol. The Hall–Kier alpha value is 0.0200. The van der Waals surface area contributed by atoms with Crippen molar-refractivity contribution in [2.45, 2.75) is 0 Å². The first-order valence-electron chi connectivity index (χ1n) is 11.1. The molecule has 16 heteroatoms. The first-order chi connectivity index (χ1) is 15.5. The summed E-state index contributed by atoms with van der Waals surface area (Å²) in [5, 5.41) is 0. The average molecular weight is 515 g/mol. The van der Waals surface area contributed by atoms with E-state index in [0.717, 1.165) is 0 Å². The molecule has 5 heterocycles. The maximum Gasteiger partial charge on any atom is 0.322 e. The molecule has 5 aliphatic rings. The lowest BCUT2D eigenvalue weighted by atomic mass is 10.5. The van der Waals surface area contributed by atoms with Crippen molar-refractivity contribution in [2.24, 2.45) is 12.8 Å². The Morgan fingerprint density at radius 3 is 1.25 bits per heavy atom. The van der Waals surface area contributed by atoms with Gasteiger partial charge in [0.1, 0.15) is 0 Å². The minimum atomic E-state index is -4.32. The van der Waals surface area contributed by atoms with Crippen LogP contribution in [0.2, 0.25) is 0 Å². The highest BCUT2D eigenvalue weighted by molar-refractivity contribution is 7.97. The Kier molecular flexibility index (Phi) is 7.38. The second-order valence-electron chi connectivity index (χ2n) is 8.02. The predicted octanol–water partition coefficient (Wildman–Crippen LogP) is 1.49. The van der Waals surface area contributed by atoms with Crippen LogP contribution in [-0.2, 0) is 29.2 Å². The molecule has 4 fully saturated rings. The zero-order chi connectivity index (χ0) is 22.1. The van der Waals surface area contributed by atoms with Gasteiger partial charge in [0.05, 0.1) is 52.9 Å². The van der Waals surface area contributed by atoms with E-state index in [0.29, 0.717) is 105 Å². The van der Waals surface area contributed by atoms with Gasteiger partial charge in [-0.3, -0.25) is 0 Å². The van der Waals surface area contributed by atoms with E-state index in [1.165, 1.54) is 0 Å². The smallest absolute Gasteiger partial charge is 0.322 e. The molecular weight excluding hydrogens is 483 g/mol. The van der Waals surface area contributed by atoms with Crippen LogP contribution >= 0.6 is 15.0 Å². The third kappa shape index (κ3) is 4.61. The lowest BCUT2D eigenvalue weighted by Gasteiger charge is -2.49. The summed E-state index contributed by atoms with van der Waals surface area (Å²) < 4.78 is 74.2. The van der Waals surface area contributed by atoms with Gasteiger partial charge in [0.2, 0.25) is 15.0 Å². The zero-order valence-electron chi connectivity index (χ0n) is 18.2. The molecule has 12 nitrogen and oxygen atoms in total. The molecule has 5 rings (SSSR count). The fraction of sp³-hybridized carbons (Fsp3) is 1.00. The molecule has 0 spiro atoms. The van der Waals surface area contributed by atoms with E-state index in [-0.39, 0.29) is 0 Å². The molecule has 184 valence electrons. The Bertz CT molecular complexity index is 825. The Morgan fingerprint density at radius 2 is 0.906 bits per heavy atom. The van der Waals surface area contributed by atoms with E-state index in [1.54, 1.807) is 0 Å². The first kappa shape index (κ1) is 23.7. The maximum atomic E-state index is 15.8. The van der Waals surface area contributed by atoms with E-state index < -0.39 is 25.3 Å². The van der Waals surface area contributed by atoms with Gasteiger partial charge in [0.25, 0.3) is 0 Å². The molecule has 5 aliphatic heterocycles. The van der Waals surface area contributed by atoms with Crippen LogP contribution in [0, 0.1) is 0 Å². The summed E-state index contributed by atoms with van der Waals surface area (Å²) in [5.74, 6) is 0. The quantitative estimate of drug-likeness (QED) is 0.407. The van der Waals surface area contributed by atoms with Gasteiger partial charge in [-0.2, -0.15) is 8.72 Å². The van der Waals surface area contributed by atoms with Crippen LogP contribution in [0.3, 0.4) is 0 Å². The molecule has 1 unspecified atom stereocenters. The molecule has 0 amide bonds. The van der Waals surface area contributed by atoms with Crippen molar-refractivity contribution >= 4 is 25.3 Å². The van der Waals surface area contributed by atoms with E-state index in [2.05, 4.69) is 27.0 Å². The Balaban J connectivity index is 1.72. The molecular formula is C16H32FN7O5P2S. The van der Waals surface area contributed by atoms with Gasteiger partial charge >= 0.3 is 10.3 Å². The second kappa shape index (κ2) is 9.94. The number of hydrogen-bond donors (Lipinski definition) is 0. The van der Waals surface area contributed by atoms with Crippen molar-refractivity contribution in [3.63, 3.8) is 0 Å².